The Morgan fingerprint density at radius 3 is 2.65 bits per heavy atom. The summed E-state index contributed by atoms with van der Waals surface area (Å²) >= 11 is 0. The van der Waals surface area contributed by atoms with Gasteiger partial charge in [-0.2, -0.15) is 5.26 Å². The van der Waals surface area contributed by atoms with E-state index in [9.17, 15) is 10.1 Å². The first kappa shape index (κ1) is 20.9. The number of carbonyl (C=O) groups excluding carboxylic acids is 1. The van der Waals surface area contributed by atoms with E-state index in [1.165, 1.54) is 12.8 Å². The Bertz CT molecular complexity index is 992. The Hall–Kier alpha value is -3.33. The van der Waals surface area contributed by atoms with Crippen LogP contribution in [-0.4, -0.2) is 18.8 Å². The molecule has 0 aliphatic heterocycles. The molecule has 0 heterocycles. The number of oxime groups is 1. The van der Waals surface area contributed by atoms with Crippen molar-refractivity contribution < 1.29 is 19.1 Å². The Kier molecular flexibility index (Phi) is 5.94. The number of hydrogen-bond donors (Lipinski definition) is 0. The molecule has 0 N–H and O–H groups in total. The van der Waals surface area contributed by atoms with E-state index in [1.807, 2.05) is 44.2 Å². The average molecular weight is 418 g/mol. The van der Waals surface area contributed by atoms with Crippen LogP contribution in [-0.2, 0) is 14.4 Å². The zero-order valence-corrected chi connectivity index (χ0v) is 17.7. The number of ether oxygens (including phenoxy) is 2. The van der Waals surface area contributed by atoms with Crippen LogP contribution in [0.1, 0.15) is 38.4 Å². The summed E-state index contributed by atoms with van der Waals surface area (Å²) in [6.07, 6.45) is 3.09. The summed E-state index contributed by atoms with van der Waals surface area (Å²) < 4.78 is 11.4. The van der Waals surface area contributed by atoms with Crippen molar-refractivity contribution in [2.75, 3.05) is 6.61 Å². The minimum atomic E-state index is -1.01. The SMILES string of the molecule is CC1(C)[C@H](C=NOCC2CC2)[C@H]1C(=O)OC(C#N)c1cccc(Oc2ccccc2)c1. The second-order valence-electron chi connectivity index (χ2n) is 8.75. The lowest BCUT2D eigenvalue weighted by atomic mass is 10.1. The molecule has 0 spiro atoms. The molecular weight excluding hydrogens is 392 g/mol. The number of esters is 1. The number of carbonyl (C=O) groups is 1. The molecule has 160 valence electrons. The fourth-order valence-electron chi connectivity index (χ4n) is 3.67. The van der Waals surface area contributed by atoms with Crippen LogP contribution >= 0.6 is 0 Å². The van der Waals surface area contributed by atoms with Crippen molar-refractivity contribution in [1.82, 2.24) is 0 Å². The molecule has 0 radical (unpaired) electrons. The third-order valence-electron chi connectivity index (χ3n) is 5.96. The zero-order valence-electron chi connectivity index (χ0n) is 17.7. The number of nitrogens with zero attached hydrogens (tertiary/aromatic N) is 2. The highest BCUT2D eigenvalue weighted by Crippen LogP contribution is 2.58. The largest absolute Gasteiger partial charge is 0.457 e. The predicted molar refractivity (Wildman–Crippen MR) is 115 cm³/mol. The third kappa shape index (κ3) is 5.05. The maximum Gasteiger partial charge on any atom is 0.311 e. The number of rotatable bonds is 9. The Morgan fingerprint density at radius 1 is 1.19 bits per heavy atom. The monoisotopic (exact) mass is 418 g/mol. The molecule has 2 aromatic carbocycles. The molecule has 0 bridgehead atoms. The molecule has 2 fully saturated rings. The summed E-state index contributed by atoms with van der Waals surface area (Å²) in [7, 11) is 0. The van der Waals surface area contributed by atoms with Gasteiger partial charge in [-0.1, -0.05) is 49.3 Å². The second kappa shape index (κ2) is 8.81. The standard InChI is InChI=1S/C25H26N2O4/c1-25(2)21(15-27-29-16-17-11-12-17)23(25)24(28)31-22(14-26)18-7-6-10-20(13-18)30-19-8-4-3-5-9-19/h3-10,13,15,17,21-23H,11-12,16H2,1-2H3/t21-,22?,23+/m1/s1. The first-order valence-electron chi connectivity index (χ1n) is 10.6. The van der Waals surface area contributed by atoms with Crippen LogP contribution < -0.4 is 4.74 Å². The van der Waals surface area contributed by atoms with Gasteiger partial charge >= 0.3 is 5.97 Å². The van der Waals surface area contributed by atoms with Gasteiger partial charge in [0.2, 0.25) is 6.10 Å². The van der Waals surface area contributed by atoms with Gasteiger partial charge in [0.1, 0.15) is 24.2 Å². The van der Waals surface area contributed by atoms with Gasteiger partial charge in [-0.25, -0.2) is 0 Å². The smallest absolute Gasteiger partial charge is 0.311 e. The summed E-state index contributed by atoms with van der Waals surface area (Å²) in [5, 5.41) is 13.7. The van der Waals surface area contributed by atoms with E-state index in [0.29, 0.717) is 29.6 Å². The van der Waals surface area contributed by atoms with E-state index in [2.05, 4.69) is 11.2 Å². The third-order valence-corrected chi connectivity index (χ3v) is 5.96. The molecule has 0 saturated heterocycles. The van der Waals surface area contributed by atoms with Crippen molar-refractivity contribution in [2.24, 2.45) is 28.3 Å². The van der Waals surface area contributed by atoms with Crippen LogP contribution in [0.2, 0.25) is 0 Å². The Labute approximate surface area is 182 Å². The highest BCUT2D eigenvalue weighted by atomic mass is 16.6. The van der Waals surface area contributed by atoms with Gasteiger partial charge in [-0.05, 0) is 48.4 Å². The minimum absolute atomic E-state index is 0.0636. The van der Waals surface area contributed by atoms with Gasteiger partial charge in [0.05, 0.1) is 5.92 Å². The van der Waals surface area contributed by atoms with Crippen LogP contribution in [0.5, 0.6) is 11.5 Å². The van der Waals surface area contributed by atoms with Crippen LogP contribution in [0.4, 0.5) is 0 Å². The lowest BCUT2D eigenvalue weighted by Gasteiger charge is -2.13. The van der Waals surface area contributed by atoms with Crippen LogP contribution in [0.3, 0.4) is 0 Å². The molecule has 2 aliphatic carbocycles. The molecule has 2 saturated carbocycles. The summed E-state index contributed by atoms with van der Waals surface area (Å²) in [6, 6.07) is 18.5. The van der Waals surface area contributed by atoms with Crippen molar-refractivity contribution in [3.8, 4) is 17.6 Å². The van der Waals surface area contributed by atoms with E-state index < -0.39 is 12.1 Å². The number of para-hydroxylation sites is 1. The van der Waals surface area contributed by atoms with Crippen molar-refractivity contribution >= 4 is 12.2 Å². The molecule has 31 heavy (non-hydrogen) atoms. The summed E-state index contributed by atoms with van der Waals surface area (Å²) in [4.78, 5) is 18.1. The summed E-state index contributed by atoms with van der Waals surface area (Å²) in [6.45, 7) is 4.62. The van der Waals surface area contributed by atoms with Crippen molar-refractivity contribution in [1.29, 1.82) is 5.26 Å². The Morgan fingerprint density at radius 2 is 1.94 bits per heavy atom. The fraction of sp³-hybridized carbons (Fsp3) is 0.400. The van der Waals surface area contributed by atoms with Gasteiger partial charge in [-0.3, -0.25) is 4.79 Å². The normalized spacial score (nSPS) is 22.4. The van der Waals surface area contributed by atoms with Gasteiger partial charge < -0.3 is 14.3 Å². The van der Waals surface area contributed by atoms with E-state index in [-0.39, 0.29) is 17.3 Å². The highest BCUT2D eigenvalue weighted by Gasteiger charge is 2.62. The predicted octanol–water partition coefficient (Wildman–Crippen LogP) is 5.27. The second-order valence-corrected chi connectivity index (χ2v) is 8.75. The maximum atomic E-state index is 12.8. The Balaban J connectivity index is 1.37. The molecule has 2 aliphatic rings. The van der Waals surface area contributed by atoms with Gasteiger partial charge in [0, 0.05) is 17.7 Å². The molecular formula is C25H26N2O4. The molecule has 4 rings (SSSR count). The van der Waals surface area contributed by atoms with Crippen molar-refractivity contribution in [3.05, 3.63) is 60.2 Å². The van der Waals surface area contributed by atoms with Crippen molar-refractivity contribution in [2.45, 2.75) is 32.8 Å². The molecule has 0 amide bonds. The lowest BCUT2D eigenvalue weighted by Crippen LogP contribution is -2.14. The van der Waals surface area contributed by atoms with Crippen LogP contribution in [0.25, 0.3) is 0 Å². The quantitative estimate of drug-likeness (QED) is 0.315. The molecule has 1 unspecified atom stereocenters. The molecule has 3 atom stereocenters. The minimum Gasteiger partial charge on any atom is -0.457 e. The van der Waals surface area contributed by atoms with Gasteiger partial charge in [0.25, 0.3) is 0 Å². The van der Waals surface area contributed by atoms with Gasteiger partial charge in [-0.15, -0.1) is 0 Å². The average Bonchev–Trinajstić information content (AvgIpc) is 3.67. The van der Waals surface area contributed by atoms with E-state index in [4.69, 9.17) is 14.3 Å². The molecule has 2 aromatic rings. The summed E-state index contributed by atoms with van der Waals surface area (Å²) in [5.74, 6) is 1.08. The fourth-order valence-corrected chi connectivity index (χ4v) is 3.67. The van der Waals surface area contributed by atoms with E-state index in [0.717, 1.165) is 0 Å². The molecule has 6 nitrogen and oxygen atoms in total. The highest BCUT2D eigenvalue weighted by molar-refractivity contribution is 5.85. The summed E-state index contributed by atoms with van der Waals surface area (Å²) in [5.41, 5.74) is 0.294. The van der Waals surface area contributed by atoms with E-state index >= 15 is 0 Å². The first-order chi connectivity index (χ1) is 15.0. The van der Waals surface area contributed by atoms with Crippen molar-refractivity contribution in [3.63, 3.8) is 0 Å². The number of benzene rings is 2. The maximum absolute atomic E-state index is 12.8. The molecule has 6 heteroatoms. The van der Waals surface area contributed by atoms with Gasteiger partial charge in [0.15, 0.2) is 0 Å². The van der Waals surface area contributed by atoms with Crippen LogP contribution in [0.15, 0.2) is 59.8 Å². The lowest BCUT2D eigenvalue weighted by molar-refractivity contribution is -0.149. The zero-order chi connectivity index (χ0) is 21.8. The number of hydrogen-bond acceptors (Lipinski definition) is 6. The van der Waals surface area contributed by atoms with E-state index in [1.54, 1.807) is 30.5 Å². The number of nitriles is 1. The topological polar surface area (TPSA) is 80.9 Å². The van der Waals surface area contributed by atoms with Crippen LogP contribution in [0, 0.1) is 34.5 Å². The molecule has 0 aromatic heterocycles. The first-order valence-corrected chi connectivity index (χ1v) is 10.6.